The molecule has 3 N–H and O–H groups in total. The van der Waals surface area contributed by atoms with E-state index >= 15 is 0 Å². The molecule has 4 rings (SSSR count). The van der Waals surface area contributed by atoms with Gasteiger partial charge >= 0.3 is 5.97 Å². The van der Waals surface area contributed by atoms with Crippen LogP contribution in [0, 0.1) is 0 Å². The van der Waals surface area contributed by atoms with Crippen LogP contribution in [0.25, 0.3) is 16.2 Å². The summed E-state index contributed by atoms with van der Waals surface area (Å²) in [7, 11) is 0. The molecule has 0 aliphatic carbocycles. The number of fused-ring (bicyclic) bond motifs is 3. The SMILES string of the molecule is CCOC(=O)c1cnn(-c2nc3sc4c(c3c(=O)[nH]2)CC(C)(C)OC4)c1N. The van der Waals surface area contributed by atoms with Crippen LogP contribution in [-0.4, -0.2) is 37.9 Å². The normalized spacial score (nSPS) is 15.7. The van der Waals surface area contributed by atoms with Crippen molar-refractivity contribution in [2.24, 2.45) is 0 Å². The summed E-state index contributed by atoms with van der Waals surface area (Å²) < 4.78 is 12.0. The monoisotopic (exact) mass is 389 g/mol. The Hall–Kier alpha value is -2.72. The lowest BCUT2D eigenvalue weighted by Gasteiger charge is -2.29. The highest BCUT2D eigenvalue weighted by Crippen LogP contribution is 2.36. The zero-order valence-electron chi connectivity index (χ0n) is 15.2. The fourth-order valence-corrected chi connectivity index (χ4v) is 4.23. The molecule has 10 heteroatoms. The van der Waals surface area contributed by atoms with E-state index in [9.17, 15) is 9.59 Å². The Labute approximate surface area is 158 Å². The maximum absolute atomic E-state index is 12.8. The van der Waals surface area contributed by atoms with Crippen molar-refractivity contribution in [1.82, 2.24) is 19.7 Å². The molecule has 0 spiro atoms. The molecule has 1 aliphatic heterocycles. The average Bonchev–Trinajstić information content (AvgIpc) is 3.14. The number of H-pyrrole nitrogens is 1. The van der Waals surface area contributed by atoms with Crippen molar-refractivity contribution in [3.8, 4) is 5.95 Å². The maximum atomic E-state index is 12.8. The number of aromatic amines is 1. The van der Waals surface area contributed by atoms with Crippen molar-refractivity contribution >= 4 is 33.3 Å². The van der Waals surface area contributed by atoms with E-state index in [0.717, 1.165) is 10.4 Å². The van der Waals surface area contributed by atoms with Crippen LogP contribution in [0.3, 0.4) is 0 Å². The van der Waals surface area contributed by atoms with Gasteiger partial charge in [0.1, 0.15) is 16.2 Å². The third-order valence-electron chi connectivity index (χ3n) is 4.43. The van der Waals surface area contributed by atoms with E-state index in [1.807, 2.05) is 13.8 Å². The molecule has 0 amide bonds. The highest BCUT2D eigenvalue weighted by Gasteiger charge is 2.31. The number of hydrogen-bond acceptors (Lipinski definition) is 8. The van der Waals surface area contributed by atoms with Gasteiger partial charge in [0.15, 0.2) is 0 Å². The number of thiophene rings is 1. The molecule has 0 saturated heterocycles. The number of nitrogens with zero attached hydrogens (tertiary/aromatic N) is 3. The summed E-state index contributed by atoms with van der Waals surface area (Å²) in [6.45, 7) is 6.38. The quantitative estimate of drug-likeness (QED) is 0.654. The van der Waals surface area contributed by atoms with Crippen LogP contribution in [0.5, 0.6) is 0 Å². The fraction of sp³-hybridized carbons (Fsp3) is 0.412. The summed E-state index contributed by atoms with van der Waals surface area (Å²) in [4.78, 5) is 33.5. The molecule has 9 nitrogen and oxygen atoms in total. The molecule has 3 aromatic rings. The zero-order valence-corrected chi connectivity index (χ0v) is 16.0. The minimum Gasteiger partial charge on any atom is -0.462 e. The minimum absolute atomic E-state index is 0.0572. The van der Waals surface area contributed by atoms with Gasteiger partial charge in [-0.05, 0) is 26.3 Å². The third kappa shape index (κ3) is 2.90. The molecular formula is C17H19N5O4S. The molecule has 1 aliphatic rings. The molecule has 3 aromatic heterocycles. The summed E-state index contributed by atoms with van der Waals surface area (Å²) in [5, 5.41) is 4.66. The van der Waals surface area contributed by atoms with Gasteiger partial charge in [-0.2, -0.15) is 9.78 Å². The van der Waals surface area contributed by atoms with Crippen LogP contribution in [0.15, 0.2) is 11.0 Å². The standard InChI is InChI=1S/C17H19N5O4S/c1-4-25-15(24)9-6-19-22(12(9)18)16-20-13(23)11-8-5-17(2,3)26-7-10(8)27-14(11)21-16/h6H,4-5,7,18H2,1-3H3,(H,20,21,23). The predicted octanol–water partition coefficient (Wildman–Crippen LogP) is 1.78. The van der Waals surface area contributed by atoms with E-state index in [1.165, 1.54) is 22.2 Å². The number of ether oxygens (including phenoxy) is 2. The smallest absolute Gasteiger partial charge is 0.343 e. The molecule has 0 atom stereocenters. The third-order valence-corrected chi connectivity index (χ3v) is 5.53. The molecule has 0 radical (unpaired) electrons. The molecule has 0 aromatic carbocycles. The van der Waals surface area contributed by atoms with E-state index in [0.29, 0.717) is 23.2 Å². The van der Waals surface area contributed by atoms with Gasteiger partial charge in [0, 0.05) is 11.3 Å². The Kier molecular flexibility index (Phi) is 4.04. The van der Waals surface area contributed by atoms with Crippen LogP contribution in [-0.2, 0) is 22.5 Å². The van der Waals surface area contributed by atoms with Crippen molar-refractivity contribution in [3.63, 3.8) is 0 Å². The number of carbonyl (C=O) groups excluding carboxylic acids is 1. The molecule has 4 heterocycles. The van der Waals surface area contributed by atoms with Crippen LogP contribution in [0.2, 0.25) is 0 Å². The second kappa shape index (κ2) is 6.17. The van der Waals surface area contributed by atoms with E-state index in [2.05, 4.69) is 15.1 Å². The van der Waals surface area contributed by atoms with E-state index in [1.54, 1.807) is 6.92 Å². The number of nitrogens with one attached hydrogen (secondary N) is 1. The van der Waals surface area contributed by atoms with Gasteiger partial charge < -0.3 is 15.2 Å². The number of nitrogens with two attached hydrogens (primary N) is 1. The summed E-state index contributed by atoms with van der Waals surface area (Å²) in [5.41, 5.74) is 6.53. The van der Waals surface area contributed by atoms with Gasteiger partial charge in [-0.25, -0.2) is 9.78 Å². The van der Waals surface area contributed by atoms with Gasteiger partial charge in [0.2, 0.25) is 5.95 Å². The van der Waals surface area contributed by atoms with Crippen molar-refractivity contribution in [3.05, 3.63) is 32.6 Å². The first-order chi connectivity index (χ1) is 12.8. The summed E-state index contributed by atoms with van der Waals surface area (Å²) in [6.07, 6.45) is 1.94. The molecule has 0 bridgehead atoms. The van der Waals surface area contributed by atoms with Gasteiger partial charge in [-0.3, -0.25) is 9.78 Å². The van der Waals surface area contributed by atoms with Gasteiger partial charge in [0.25, 0.3) is 5.56 Å². The van der Waals surface area contributed by atoms with Crippen LogP contribution in [0.1, 0.15) is 41.6 Å². The topological polar surface area (TPSA) is 125 Å². The van der Waals surface area contributed by atoms with Crippen molar-refractivity contribution in [2.75, 3.05) is 12.3 Å². The Morgan fingerprint density at radius 1 is 1.52 bits per heavy atom. The van der Waals surface area contributed by atoms with E-state index < -0.39 is 5.97 Å². The van der Waals surface area contributed by atoms with Crippen LogP contribution < -0.4 is 11.3 Å². The van der Waals surface area contributed by atoms with Crippen LogP contribution >= 0.6 is 11.3 Å². The summed E-state index contributed by atoms with van der Waals surface area (Å²) in [5.74, 6) is -0.364. The lowest BCUT2D eigenvalue weighted by atomic mass is 9.94. The highest BCUT2D eigenvalue weighted by atomic mass is 32.1. The van der Waals surface area contributed by atoms with Crippen molar-refractivity contribution < 1.29 is 14.3 Å². The van der Waals surface area contributed by atoms with E-state index in [-0.39, 0.29) is 35.1 Å². The number of anilines is 1. The zero-order chi connectivity index (χ0) is 19.3. The molecule has 142 valence electrons. The number of hydrogen-bond donors (Lipinski definition) is 2. The van der Waals surface area contributed by atoms with Gasteiger partial charge in [-0.15, -0.1) is 11.3 Å². The minimum atomic E-state index is -0.573. The maximum Gasteiger partial charge on any atom is 0.343 e. The second-order valence-electron chi connectivity index (χ2n) is 6.87. The lowest BCUT2D eigenvalue weighted by Crippen LogP contribution is -2.31. The first-order valence-electron chi connectivity index (χ1n) is 8.50. The Morgan fingerprint density at radius 3 is 3.04 bits per heavy atom. The summed E-state index contributed by atoms with van der Waals surface area (Å²) in [6, 6.07) is 0. The van der Waals surface area contributed by atoms with Crippen LogP contribution in [0.4, 0.5) is 5.82 Å². The van der Waals surface area contributed by atoms with Gasteiger partial charge in [0.05, 0.1) is 30.4 Å². The molecule has 0 unspecified atom stereocenters. The molecule has 0 saturated carbocycles. The highest BCUT2D eigenvalue weighted by molar-refractivity contribution is 7.18. The summed E-state index contributed by atoms with van der Waals surface area (Å²) >= 11 is 1.42. The predicted molar refractivity (Wildman–Crippen MR) is 100 cm³/mol. The number of aromatic nitrogens is 4. The Bertz CT molecular complexity index is 1110. The Balaban J connectivity index is 1.82. The molecule has 0 fully saturated rings. The number of nitrogen functional groups attached to an aromatic ring is 1. The first kappa shape index (κ1) is 17.7. The molecular weight excluding hydrogens is 370 g/mol. The fourth-order valence-electron chi connectivity index (χ4n) is 3.13. The number of carbonyl (C=O) groups is 1. The Morgan fingerprint density at radius 2 is 2.30 bits per heavy atom. The number of esters is 1. The first-order valence-corrected chi connectivity index (χ1v) is 9.32. The molecule has 27 heavy (non-hydrogen) atoms. The van der Waals surface area contributed by atoms with Crippen molar-refractivity contribution in [2.45, 2.75) is 39.4 Å². The number of rotatable bonds is 3. The largest absolute Gasteiger partial charge is 0.462 e. The lowest BCUT2D eigenvalue weighted by molar-refractivity contribution is -0.0379. The average molecular weight is 389 g/mol. The van der Waals surface area contributed by atoms with Gasteiger partial charge in [-0.1, -0.05) is 0 Å². The van der Waals surface area contributed by atoms with Crippen molar-refractivity contribution in [1.29, 1.82) is 0 Å². The van der Waals surface area contributed by atoms with E-state index in [4.69, 9.17) is 15.2 Å². The second-order valence-corrected chi connectivity index (χ2v) is 7.96.